The average Bonchev–Trinajstić information content (AvgIpc) is 2.37. The van der Waals surface area contributed by atoms with Gasteiger partial charge in [0.25, 0.3) is 0 Å². The van der Waals surface area contributed by atoms with Gasteiger partial charge in [0, 0.05) is 5.56 Å². The van der Waals surface area contributed by atoms with E-state index in [2.05, 4.69) is 0 Å². The number of rotatable bonds is 2. The number of alkyl halides is 3. The van der Waals surface area contributed by atoms with E-state index >= 15 is 0 Å². The van der Waals surface area contributed by atoms with Crippen molar-refractivity contribution in [2.24, 2.45) is 5.14 Å². The molecule has 0 aliphatic carbocycles. The monoisotopic (exact) mass is 301 g/mol. The van der Waals surface area contributed by atoms with Crippen LogP contribution in [0, 0.1) is 0 Å². The van der Waals surface area contributed by atoms with Gasteiger partial charge in [-0.3, -0.25) is 0 Å². The largest absolute Gasteiger partial charge is 0.416 e. The van der Waals surface area contributed by atoms with Crippen molar-refractivity contribution in [3.05, 3.63) is 54.1 Å². The Hall–Kier alpha value is -1.86. The van der Waals surface area contributed by atoms with Crippen molar-refractivity contribution in [1.29, 1.82) is 0 Å². The molecule has 0 unspecified atom stereocenters. The number of benzene rings is 2. The first kappa shape index (κ1) is 14.5. The summed E-state index contributed by atoms with van der Waals surface area (Å²) in [5, 5.41) is 5.07. The lowest BCUT2D eigenvalue weighted by atomic mass is 10.0. The van der Waals surface area contributed by atoms with Crippen LogP contribution in [0.4, 0.5) is 13.2 Å². The molecular formula is C13H10F3NO2S. The highest BCUT2D eigenvalue weighted by Crippen LogP contribution is 2.33. The van der Waals surface area contributed by atoms with Crippen LogP contribution in [0.5, 0.6) is 0 Å². The van der Waals surface area contributed by atoms with Crippen molar-refractivity contribution in [2.45, 2.75) is 11.1 Å². The molecule has 0 aromatic heterocycles. The third-order valence-electron chi connectivity index (χ3n) is 2.69. The van der Waals surface area contributed by atoms with Gasteiger partial charge in [0.05, 0.1) is 10.5 Å². The highest BCUT2D eigenvalue weighted by Gasteiger charge is 2.30. The molecule has 0 aliphatic rings. The molecule has 0 spiro atoms. The minimum absolute atomic E-state index is 0.140. The standard InChI is InChI=1S/C13H10F3NO2S/c14-13(15,16)10-5-3-4-9(8-10)11-6-1-2-7-12(11)20(17,18)19/h1-8H,(H2,17,18,19). The Morgan fingerprint density at radius 1 is 0.950 bits per heavy atom. The van der Waals surface area contributed by atoms with Crippen LogP contribution in [0.3, 0.4) is 0 Å². The molecule has 2 aromatic carbocycles. The summed E-state index contributed by atoms with van der Waals surface area (Å²) in [5.41, 5.74) is -0.565. The van der Waals surface area contributed by atoms with Crippen molar-refractivity contribution in [3.63, 3.8) is 0 Å². The van der Waals surface area contributed by atoms with Crippen LogP contribution in [-0.4, -0.2) is 8.42 Å². The summed E-state index contributed by atoms with van der Waals surface area (Å²) in [5.74, 6) is 0. The number of halogens is 3. The van der Waals surface area contributed by atoms with Crippen LogP contribution in [0.25, 0.3) is 11.1 Å². The van der Waals surface area contributed by atoms with Crippen molar-refractivity contribution in [3.8, 4) is 11.1 Å². The number of primary sulfonamides is 1. The minimum atomic E-state index is -4.49. The van der Waals surface area contributed by atoms with Gasteiger partial charge in [-0.05, 0) is 23.8 Å². The molecule has 7 heteroatoms. The van der Waals surface area contributed by atoms with Gasteiger partial charge in [-0.25, -0.2) is 13.6 Å². The van der Waals surface area contributed by atoms with E-state index in [4.69, 9.17) is 5.14 Å². The molecule has 0 saturated heterocycles. The third-order valence-corrected chi connectivity index (χ3v) is 3.66. The lowest BCUT2D eigenvalue weighted by Gasteiger charge is -2.11. The molecule has 0 fully saturated rings. The van der Waals surface area contributed by atoms with E-state index in [-0.39, 0.29) is 16.0 Å². The van der Waals surface area contributed by atoms with Crippen molar-refractivity contribution >= 4 is 10.0 Å². The molecule has 3 nitrogen and oxygen atoms in total. The molecule has 0 saturated carbocycles. The van der Waals surface area contributed by atoms with Crippen LogP contribution in [0.15, 0.2) is 53.4 Å². The number of nitrogens with two attached hydrogens (primary N) is 1. The maximum absolute atomic E-state index is 12.7. The number of hydrogen-bond donors (Lipinski definition) is 1. The highest BCUT2D eigenvalue weighted by atomic mass is 32.2. The average molecular weight is 301 g/mol. The van der Waals surface area contributed by atoms with E-state index in [1.165, 1.54) is 36.4 Å². The van der Waals surface area contributed by atoms with Crippen LogP contribution >= 0.6 is 0 Å². The molecule has 0 bridgehead atoms. The van der Waals surface area contributed by atoms with Gasteiger partial charge < -0.3 is 0 Å². The molecular weight excluding hydrogens is 291 g/mol. The number of hydrogen-bond acceptors (Lipinski definition) is 2. The first-order valence-corrected chi connectivity index (χ1v) is 7.04. The van der Waals surface area contributed by atoms with E-state index in [1.54, 1.807) is 0 Å². The first-order chi connectivity index (χ1) is 9.19. The van der Waals surface area contributed by atoms with Gasteiger partial charge in [0.1, 0.15) is 0 Å². The molecule has 0 radical (unpaired) electrons. The maximum atomic E-state index is 12.7. The van der Waals surface area contributed by atoms with Gasteiger partial charge in [0.2, 0.25) is 10.0 Å². The molecule has 20 heavy (non-hydrogen) atoms. The van der Waals surface area contributed by atoms with E-state index in [1.807, 2.05) is 0 Å². The number of sulfonamides is 1. The zero-order chi connectivity index (χ0) is 15.0. The van der Waals surface area contributed by atoms with Crippen LogP contribution in [0.1, 0.15) is 5.56 Å². The van der Waals surface area contributed by atoms with E-state index in [9.17, 15) is 21.6 Å². The summed E-state index contributed by atoms with van der Waals surface area (Å²) in [7, 11) is -4.01. The molecule has 0 aliphatic heterocycles. The first-order valence-electron chi connectivity index (χ1n) is 5.49. The summed E-state index contributed by atoms with van der Waals surface area (Å²) < 4.78 is 61.0. The Morgan fingerprint density at radius 2 is 1.60 bits per heavy atom. The lowest BCUT2D eigenvalue weighted by Crippen LogP contribution is -2.13. The second-order valence-electron chi connectivity index (χ2n) is 4.12. The zero-order valence-electron chi connectivity index (χ0n) is 10.1. The second-order valence-corrected chi connectivity index (χ2v) is 5.65. The molecule has 2 rings (SSSR count). The smallest absolute Gasteiger partial charge is 0.225 e. The molecule has 0 amide bonds. The summed E-state index contributed by atoms with van der Waals surface area (Å²) in [6, 6.07) is 10.1. The Kier molecular flexibility index (Phi) is 3.58. The van der Waals surface area contributed by atoms with Gasteiger partial charge >= 0.3 is 6.18 Å². The quantitative estimate of drug-likeness (QED) is 0.927. The van der Waals surface area contributed by atoms with Crippen LogP contribution < -0.4 is 5.14 Å². The molecule has 2 N–H and O–H groups in total. The van der Waals surface area contributed by atoms with Crippen molar-refractivity contribution < 1.29 is 21.6 Å². The summed E-state index contributed by atoms with van der Waals surface area (Å²) in [6.07, 6.45) is -4.49. The van der Waals surface area contributed by atoms with Gasteiger partial charge in [-0.15, -0.1) is 0 Å². The fourth-order valence-corrected chi connectivity index (χ4v) is 2.58. The third kappa shape index (κ3) is 3.00. The SMILES string of the molecule is NS(=O)(=O)c1ccccc1-c1cccc(C(F)(F)F)c1. The normalized spacial score (nSPS) is 12.4. The highest BCUT2D eigenvalue weighted by molar-refractivity contribution is 7.89. The second kappa shape index (κ2) is 4.92. The minimum Gasteiger partial charge on any atom is -0.225 e. The molecule has 0 atom stereocenters. The van der Waals surface area contributed by atoms with Gasteiger partial charge in [0.15, 0.2) is 0 Å². The molecule has 106 valence electrons. The Labute approximate surface area is 113 Å². The zero-order valence-corrected chi connectivity index (χ0v) is 10.9. The van der Waals surface area contributed by atoms with Crippen LogP contribution in [-0.2, 0) is 16.2 Å². The van der Waals surface area contributed by atoms with Crippen molar-refractivity contribution in [2.75, 3.05) is 0 Å². The topological polar surface area (TPSA) is 60.2 Å². The summed E-state index contributed by atoms with van der Waals surface area (Å²) in [4.78, 5) is -0.209. The molecule has 0 heterocycles. The van der Waals surface area contributed by atoms with E-state index < -0.39 is 21.8 Å². The Balaban J connectivity index is 2.65. The fraction of sp³-hybridized carbons (Fsp3) is 0.0769. The summed E-state index contributed by atoms with van der Waals surface area (Å²) >= 11 is 0. The van der Waals surface area contributed by atoms with E-state index in [0.29, 0.717) is 0 Å². The Morgan fingerprint density at radius 3 is 2.20 bits per heavy atom. The maximum Gasteiger partial charge on any atom is 0.416 e. The summed E-state index contributed by atoms with van der Waals surface area (Å²) in [6.45, 7) is 0. The van der Waals surface area contributed by atoms with Crippen LogP contribution in [0.2, 0.25) is 0 Å². The fourth-order valence-electron chi connectivity index (χ4n) is 1.82. The van der Waals surface area contributed by atoms with Gasteiger partial charge in [-0.1, -0.05) is 30.3 Å². The van der Waals surface area contributed by atoms with Crippen molar-refractivity contribution in [1.82, 2.24) is 0 Å². The molecule has 2 aromatic rings. The van der Waals surface area contributed by atoms with Gasteiger partial charge in [-0.2, -0.15) is 13.2 Å². The van der Waals surface area contributed by atoms with E-state index in [0.717, 1.165) is 12.1 Å². The lowest BCUT2D eigenvalue weighted by molar-refractivity contribution is -0.137. The predicted molar refractivity (Wildman–Crippen MR) is 68.3 cm³/mol. The predicted octanol–water partition coefficient (Wildman–Crippen LogP) is 3.02. The Bertz CT molecular complexity index is 739.